The van der Waals surface area contributed by atoms with Crippen molar-refractivity contribution in [1.29, 1.82) is 0 Å². The molecule has 262 valence electrons. The summed E-state index contributed by atoms with van der Waals surface area (Å²) in [6.45, 7) is 20.5. The lowest BCUT2D eigenvalue weighted by Crippen LogP contribution is -2.10. The van der Waals surface area contributed by atoms with Gasteiger partial charge in [0.1, 0.15) is 0 Å². The highest BCUT2D eigenvalue weighted by Gasteiger charge is 2.27. The van der Waals surface area contributed by atoms with Crippen molar-refractivity contribution in [1.82, 2.24) is 0 Å². The van der Waals surface area contributed by atoms with Crippen molar-refractivity contribution in [2.75, 3.05) is 0 Å². The van der Waals surface area contributed by atoms with E-state index in [1.807, 2.05) is 0 Å². The summed E-state index contributed by atoms with van der Waals surface area (Å²) in [7, 11) is 0. The average molecular weight is 687 g/mol. The molecule has 0 aliphatic carbocycles. The van der Waals surface area contributed by atoms with Crippen molar-refractivity contribution in [2.45, 2.75) is 73.1 Å². The van der Waals surface area contributed by atoms with Crippen LogP contribution in [0.4, 0.5) is 0 Å². The summed E-state index contributed by atoms with van der Waals surface area (Å²) in [4.78, 5) is 0. The molecule has 0 heterocycles. The van der Waals surface area contributed by atoms with Gasteiger partial charge >= 0.3 is 0 Å². The summed E-state index contributed by atoms with van der Waals surface area (Å²) in [5.74, 6) is 0. The maximum absolute atomic E-state index is 2.45. The normalized spacial score (nSPS) is 12.2. The van der Waals surface area contributed by atoms with Gasteiger partial charge in [0, 0.05) is 0 Å². The van der Waals surface area contributed by atoms with Crippen molar-refractivity contribution in [2.24, 2.45) is 0 Å². The number of aryl methyl sites for hydroxylation is 3. The predicted octanol–water partition coefficient (Wildman–Crippen LogP) is 15.3. The van der Waals surface area contributed by atoms with Crippen LogP contribution in [0, 0.1) is 20.8 Å². The molecule has 0 fully saturated rings. The van der Waals surface area contributed by atoms with Crippen molar-refractivity contribution in [3.05, 3.63) is 167 Å². The Morgan fingerprint density at radius 2 is 0.660 bits per heavy atom. The fraction of sp³-hybridized carbons (Fsp3) is 0.208. The number of fused-ring (bicyclic) bond motifs is 3. The van der Waals surface area contributed by atoms with E-state index in [2.05, 4.69) is 202 Å². The highest BCUT2D eigenvalue weighted by Crippen LogP contribution is 2.54. The van der Waals surface area contributed by atoms with Crippen LogP contribution in [0.5, 0.6) is 0 Å². The van der Waals surface area contributed by atoms with Crippen molar-refractivity contribution >= 4 is 32.3 Å². The van der Waals surface area contributed by atoms with Crippen LogP contribution in [0.2, 0.25) is 0 Å². The molecule has 0 saturated carbocycles. The zero-order valence-corrected chi connectivity index (χ0v) is 32.8. The topological polar surface area (TPSA) is 0 Å². The minimum Gasteiger partial charge on any atom is -0.0622 e. The molecular formula is C53H50. The van der Waals surface area contributed by atoms with E-state index in [1.165, 1.54) is 105 Å². The standard InChI is InChI=1S/C53H50/c1-33-20-29-42-43(30-33)48(38-21-25-40(26-22-38)52(4,5)6)51-47(37-18-14-11-15-19-37)44-31-34(2)35(3)32-45(44)49(39-23-27-41(28-24-39)53(7,8)9)50(51)46(42)36-16-12-10-13-17-36/h10-32H,1-9H3. The van der Waals surface area contributed by atoms with Crippen molar-refractivity contribution in [3.8, 4) is 44.5 Å². The van der Waals surface area contributed by atoms with Gasteiger partial charge in [0.25, 0.3) is 0 Å². The van der Waals surface area contributed by atoms with Crippen LogP contribution in [-0.4, -0.2) is 0 Å². The van der Waals surface area contributed by atoms with Gasteiger partial charge in [-0.05, 0) is 131 Å². The van der Waals surface area contributed by atoms with E-state index in [-0.39, 0.29) is 10.8 Å². The summed E-state index contributed by atoms with van der Waals surface area (Å²) in [5.41, 5.74) is 16.8. The number of hydrogen-bond donors (Lipinski definition) is 0. The molecule has 0 bridgehead atoms. The van der Waals surface area contributed by atoms with Gasteiger partial charge in [0.2, 0.25) is 0 Å². The summed E-state index contributed by atoms with van der Waals surface area (Å²) in [6, 6.07) is 53.1. The molecule has 8 aromatic carbocycles. The quantitative estimate of drug-likeness (QED) is 0.162. The third-order valence-corrected chi connectivity index (χ3v) is 11.3. The van der Waals surface area contributed by atoms with Crippen LogP contribution in [0.25, 0.3) is 76.8 Å². The Hall–Kier alpha value is -5.46. The molecule has 0 spiro atoms. The van der Waals surface area contributed by atoms with E-state index >= 15 is 0 Å². The van der Waals surface area contributed by atoms with Gasteiger partial charge in [-0.1, -0.05) is 187 Å². The Balaban J connectivity index is 1.72. The Morgan fingerprint density at radius 1 is 0.321 bits per heavy atom. The first-order valence-electron chi connectivity index (χ1n) is 19.1. The Bertz CT molecular complexity index is 2640. The van der Waals surface area contributed by atoms with Crippen LogP contribution in [0.3, 0.4) is 0 Å². The molecule has 0 saturated heterocycles. The number of rotatable bonds is 4. The molecule has 0 aliphatic rings. The molecule has 0 aliphatic heterocycles. The largest absolute Gasteiger partial charge is 0.0622 e. The van der Waals surface area contributed by atoms with Crippen LogP contribution < -0.4 is 0 Å². The van der Waals surface area contributed by atoms with Gasteiger partial charge in [-0.15, -0.1) is 0 Å². The first-order chi connectivity index (χ1) is 25.3. The third-order valence-electron chi connectivity index (χ3n) is 11.3. The molecular weight excluding hydrogens is 637 g/mol. The number of benzene rings is 8. The highest BCUT2D eigenvalue weighted by atomic mass is 14.3. The van der Waals surface area contributed by atoms with E-state index < -0.39 is 0 Å². The Labute approximate surface area is 316 Å². The van der Waals surface area contributed by atoms with E-state index in [4.69, 9.17) is 0 Å². The fourth-order valence-electron chi connectivity index (χ4n) is 8.28. The zero-order chi connectivity index (χ0) is 37.2. The molecule has 0 unspecified atom stereocenters. The predicted molar refractivity (Wildman–Crippen MR) is 232 cm³/mol. The highest BCUT2D eigenvalue weighted by molar-refractivity contribution is 6.34. The molecule has 0 heteroatoms. The molecule has 0 amide bonds. The SMILES string of the molecule is Cc1ccc2c(-c3ccccc3)c3c(-c4ccc(C(C)(C)C)cc4)c4cc(C)c(C)cc4c(-c4ccccc4)c3c(-c3ccc(C(C)(C)C)cc3)c2c1. The monoisotopic (exact) mass is 686 g/mol. The van der Waals surface area contributed by atoms with Gasteiger partial charge in [-0.2, -0.15) is 0 Å². The van der Waals surface area contributed by atoms with Gasteiger partial charge in [0.05, 0.1) is 0 Å². The van der Waals surface area contributed by atoms with Crippen molar-refractivity contribution in [3.63, 3.8) is 0 Å². The molecule has 0 aromatic heterocycles. The summed E-state index contributed by atoms with van der Waals surface area (Å²) >= 11 is 0. The fourth-order valence-corrected chi connectivity index (χ4v) is 8.28. The van der Waals surface area contributed by atoms with E-state index in [0.717, 1.165) is 0 Å². The molecule has 8 aromatic rings. The van der Waals surface area contributed by atoms with Gasteiger partial charge in [0.15, 0.2) is 0 Å². The lowest BCUT2D eigenvalue weighted by atomic mass is 9.76. The minimum atomic E-state index is 0.0587. The molecule has 0 radical (unpaired) electrons. The Kier molecular flexibility index (Phi) is 8.42. The van der Waals surface area contributed by atoms with Crippen molar-refractivity contribution < 1.29 is 0 Å². The summed E-state index contributed by atoms with van der Waals surface area (Å²) in [5, 5.41) is 7.76. The first-order valence-corrected chi connectivity index (χ1v) is 19.1. The van der Waals surface area contributed by atoms with Crippen LogP contribution in [0.1, 0.15) is 69.4 Å². The van der Waals surface area contributed by atoms with Gasteiger partial charge in [-0.3, -0.25) is 0 Å². The van der Waals surface area contributed by atoms with Crippen LogP contribution >= 0.6 is 0 Å². The van der Waals surface area contributed by atoms with E-state index in [9.17, 15) is 0 Å². The second-order valence-corrected chi connectivity index (χ2v) is 17.2. The first kappa shape index (κ1) is 34.6. The minimum absolute atomic E-state index is 0.0587. The van der Waals surface area contributed by atoms with Crippen LogP contribution in [-0.2, 0) is 10.8 Å². The van der Waals surface area contributed by atoms with E-state index in [0.29, 0.717) is 0 Å². The van der Waals surface area contributed by atoms with E-state index in [1.54, 1.807) is 0 Å². The molecule has 0 nitrogen and oxygen atoms in total. The van der Waals surface area contributed by atoms with Crippen LogP contribution in [0.15, 0.2) is 140 Å². The molecule has 0 N–H and O–H groups in total. The second-order valence-electron chi connectivity index (χ2n) is 17.2. The average Bonchev–Trinajstić information content (AvgIpc) is 3.14. The maximum Gasteiger partial charge on any atom is -0.000139 e. The Morgan fingerprint density at radius 3 is 1.04 bits per heavy atom. The smallest absolute Gasteiger partial charge is 0.000139 e. The zero-order valence-electron chi connectivity index (χ0n) is 32.8. The summed E-state index contributed by atoms with van der Waals surface area (Å²) < 4.78 is 0. The lowest BCUT2D eigenvalue weighted by molar-refractivity contribution is 0.590. The van der Waals surface area contributed by atoms with Gasteiger partial charge in [-0.25, -0.2) is 0 Å². The molecule has 0 atom stereocenters. The van der Waals surface area contributed by atoms with Gasteiger partial charge < -0.3 is 0 Å². The second kappa shape index (κ2) is 12.9. The molecule has 8 rings (SSSR count). The maximum atomic E-state index is 2.45. The lowest BCUT2D eigenvalue weighted by Gasteiger charge is -2.27. The molecule has 53 heavy (non-hydrogen) atoms. The number of hydrogen-bond acceptors (Lipinski definition) is 0. The summed E-state index contributed by atoms with van der Waals surface area (Å²) in [6.07, 6.45) is 0. The third kappa shape index (κ3) is 6.05.